The number of rotatable bonds is 0. The van der Waals surface area contributed by atoms with Gasteiger partial charge in [-0.05, 0) is 0 Å². The van der Waals surface area contributed by atoms with E-state index in [-0.39, 0.29) is 104 Å². The van der Waals surface area contributed by atoms with Crippen LogP contribution in [0, 0.1) is 0 Å². The van der Waals surface area contributed by atoms with Gasteiger partial charge in [-0.2, -0.15) is 0 Å². The van der Waals surface area contributed by atoms with Gasteiger partial charge in [-0.3, -0.25) is 0 Å². The van der Waals surface area contributed by atoms with E-state index < -0.39 is 0 Å². The van der Waals surface area contributed by atoms with Gasteiger partial charge in [0.05, 0.1) is 0 Å². The molecule has 0 aromatic carbocycles. The van der Waals surface area contributed by atoms with Crippen molar-refractivity contribution in [3.63, 3.8) is 0 Å². The van der Waals surface area contributed by atoms with Crippen LogP contribution in [0.5, 0.6) is 0 Å². The molecule has 0 aliphatic rings. The molecule has 4 heteroatoms. The van der Waals surface area contributed by atoms with Crippen molar-refractivity contribution in [3.8, 4) is 0 Å². The molecule has 3 radical (unpaired) electrons. The molecule has 0 rings (SSSR count). The second-order valence-electron chi connectivity index (χ2n) is 0. The van der Waals surface area contributed by atoms with Crippen molar-refractivity contribution in [2.45, 2.75) is 0 Å². The van der Waals surface area contributed by atoms with Crippen LogP contribution in [0.15, 0.2) is 0 Å². The Morgan fingerprint density at radius 3 is 0.500 bits per heavy atom. The van der Waals surface area contributed by atoms with Crippen molar-refractivity contribution in [1.29, 1.82) is 0 Å². The molecule has 0 saturated heterocycles. The molecule has 0 amide bonds. The summed E-state index contributed by atoms with van der Waals surface area (Å²) in [5.41, 5.74) is 0. The van der Waals surface area contributed by atoms with Crippen molar-refractivity contribution in [2.24, 2.45) is 0 Å². The van der Waals surface area contributed by atoms with Gasteiger partial charge in [0.25, 0.3) is 0 Å². The first-order valence-electron chi connectivity index (χ1n) is 0. The van der Waals surface area contributed by atoms with Crippen molar-refractivity contribution < 1.29 is 104 Å². The summed E-state index contributed by atoms with van der Waals surface area (Å²) in [4.78, 5) is 0. The molecule has 17 valence electrons. The summed E-state index contributed by atoms with van der Waals surface area (Å²) in [5, 5.41) is 0. The standard InChI is InChI=1S/H2O.3Y/h1H2;;;. The first-order chi connectivity index (χ1) is 0. The van der Waals surface area contributed by atoms with Gasteiger partial charge < -0.3 is 5.48 Å². The van der Waals surface area contributed by atoms with E-state index in [1.807, 2.05) is 0 Å². The Bertz CT molecular complexity index is 3.25. The number of hydrogen-bond donors (Lipinski definition) is 0. The predicted molar refractivity (Wildman–Crippen MR) is 3.61 cm³/mol. The molecule has 0 aliphatic heterocycles. The van der Waals surface area contributed by atoms with Crippen LogP contribution in [0.4, 0.5) is 0 Å². The van der Waals surface area contributed by atoms with E-state index in [4.69, 9.17) is 0 Å². The summed E-state index contributed by atoms with van der Waals surface area (Å²) in [7, 11) is 0. The molecule has 4 heavy (non-hydrogen) atoms. The van der Waals surface area contributed by atoms with Crippen LogP contribution >= 0.6 is 0 Å². The molecule has 0 saturated carbocycles. The maximum Gasteiger partial charge on any atom is 0 e. The van der Waals surface area contributed by atoms with Crippen LogP contribution < -0.4 is 0 Å². The smallest absolute Gasteiger partial charge is 0 e. The topological polar surface area (TPSA) is 31.5 Å². The molecular formula is H2OY3. The fourth-order valence-corrected chi connectivity index (χ4v) is 0. The molecule has 0 aliphatic carbocycles. The van der Waals surface area contributed by atoms with Gasteiger partial charge in [0, 0.05) is 98.1 Å². The maximum atomic E-state index is 0. The van der Waals surface area contributed by atoms with E-state index in [0.29, 0.717) is 0 Å². The Morgan fingerprint density at radius 1 is 0.500 bits per heavy atom. The summed E-state index contributed by atoms with van der Waals surface area (Å²) in [6.07, 6.45) is 0. The Morgan fingerprint density at radius 2 is 0.500 bits per heavy atom. The van der Waals surface area contributed by atoms with E-state index in [1.165, 1.54) is 0 Å². The van der Waals surface area contributed by atoms with E-state index in [0.717, 1.165) is 0 Å². The Balaban J connectivity index is 0. The van der Waals surface area contributed by atoms with Gasteiger partial charge in [-0.25, -0.2) is 0 Å². The maximum absolute atomic E-state index is 0. The first-order valence-corrected chi connectivity index (χ1v) is 0. The molecule has 0 bridgehead atoms. The summed E-state index contributed by atoms with van der Waals surface area (Å²) < 4.78 is 0. The van der Waals surface area contributed by atoms with Gasteiger partial charge in [0.2, 0.25) is 0 Å². The third-order valence-corrected chi connectivity index (χ3v) is 0. The summed E-state index contributed by atoms with van der Waals surface area (Å²) in [6.45, 7) is 0. The van der Waals surface area contributed by atoms with Crippen LogP contribution in [0.3, 0.4) is 0 Å². The molecule has 0 spiro atoms. The molecule has 1 nitrogen and oxygen atoms in total. The molecule has 0 heterocycles. The monoisotopic (exact) mass is 285 g/mol. The molecule has 2 N–H and O–H groups in total. The van der Waals surface area contributed by atoms with Crippen LogP contribution in [0.25, 0.3) is 0 Å². The fourth-order valence-electron chi connectivity index (χ4n) is 0. The third kappa shape index (κ3) is 8.99. The second kappa shape index (κ2) is 16.3. The van der Waals surface area contributed by atoms with Crippen LogP contribution in [-0.2, 0) is 98.1 Å². The second-order valence-corrected chi connectivity index (χ2v) is 0. The van der Waals surface area contributed by atoms with Gasteiger partial charge in [0.1, 0.15) is 0 Å². The molecule has 0 aromatic heterocycles. The Labute approximate surface area is 101 Å². The molecule has 0 fully saturated rings. The van der Waals surface area contributed by atoms with Gasteiger partial charge in [0.15, 0.2) is 0 Å². The minimum atomic E-state index is 0. The van der Waals surface area contributed by atoms with E-state index in [9.17, 15) is 0 Å². The molecule has 0 aromatic rings. The summed E-state index contributed by atoms with van der Waals surface area (Å²) in [5.74, 6) is 0. The average molecular weight is 285 g/mol. The summed E-state index contributed by atoms with van der Waals surface area (Å²) in [6, 6.07) is 0. The van der Waals surface area contributed by atoms with Crippen LogP contribution in [0.2, 0.25) is 0 Å². The van der Waals surface area contributed by atoms with E-state index in [1.54, 1.807) is 0 Å². The zero-order chi connectivity index (χ0) is 0. The minimum Gasteiger partial charge on any atom is -0.412 e. The van der Waals surface area contributed by atoms with Crippen LogP contribution in [0.1, 0.15) is 0 Å². The largest absolute Gasteiger partial charge is 0.412 e. The molecule has 0 atom stereocenters. The van der Waals surface area contributed by atoms with Crippen LogP contribution in [-0.4, -0.2) is 5.48 Å². The Hall–Kier alpha value is 3.27. The van der Waals surface area contributed by atoms with Crippen molar-refractivity contribution in [1.82, 2.24) is 0 Å². The minimum absolute atomic E-state index is 0. The summed E-state index contributed by atoms with van der Waals surface area (Å²) >= 11 is 0. The van der Waals surface area contributed by atoms with Gasteiger partial charge in [-0.1, -0.05) is 0 Å². The third-order valence-electron chi connectivity index (χ3n) is 0. The molecule has 0 unspecified atom stereocenters. The van der Waals surface area contributed by atoms with E-state index in [2.05, 4.69) is 0 Å². The fraction of sp³-hybridized carbons (Fsp3) is 0. The zero-order valence-electron chi connectivity index (χ0n) is 2.23. The van der Waals surface area contributed by atoms with Crippen molar-refractivity contribution in [2.75, 3.05) is 0 Å². The predicted octanol–water partition coefficient (Wildman–Crippen LogP) is -0.832. The van der Waals surface area contributed by atoms with E-state index >= 15 is 0 Å². The van der Waals surface area contributed by atoms with Gasteiger partial charge in [-0.15, -0.1) is 0 Å². The first kappa shape index (κ1) is 26.7. The quantitative estimate of drug-likeness (QED) is 0.556. The molecular weight excluding hydrogens is 283 g/mol. The van der Waals surface area contributed by atoms with Crippen molar-refractivity contribution in [3.05, 3.63) is 0 Å². The van der Waals surface area contributed by atoms with Crippen molar-refractivity contribution >= 4 is 0 Å². The number of hydrogen-bond acceptors (Lipinski definition) is 0. The Kier molecular flexibility index (Phi) is 109. The zero-order valence-corrected chi connectivity index (χ0v) is 10.7. The normalized spacial score (nSPS) is 0. The van der Waals surface area contributed by atoms with Gasteiger partial charge >= 0.3 is 0 Å². The average Bonchev–Trinajstić information content (AvgIpc) is 0. The SMILES string of the molecule is O.[Y].[Y].[Y].